The number of hydrogen-bond acceptors (Lipinski definition) is 1. The first-order valence-electron chi connectivity index (χ1n) is 7.74. The lowest BCUT2D eigenvalue weighted by Crippen LogP contribution is -2.24. The van der Waals surface area contributed by atoms with Crippen molar-refractivity contribution in [1.29, 1.82) is 0 Å². The number of benzene rings is 1. The predicted molar refractivity (Wildman–Crippen MR) is 83.2 cm³/mol. The second-order valence-corrected chi connectivity index (χ2v) is 7.37. The lowest BCUT2D eigenvalue weighted by atomic mass is 9.74. The molecule has 19 heavy (non-hydrogen) atoms. The van der Waals surface area contributed by atoms with Crippen molar-refractivity contribution in [1.82, 2.24) is 0 Å². The number of nitrogens with two attached hydrogens (primary N) is 1. The van der Waals surface area contributed by atoms with E-state index in [1.54, 1.807) is 0 Å². The largest absolute Gasteiger partial charge is 0.324 e. The van der Waals surface area contributed by atoms with Crippen LogP contribution in [-0.2, 0) is 0 Å². The van der Waals surface area contributed by atoms with Crippen LogP contribution in [0.15, 0.2) is 24.3 Å². The lowest BCUT2D eigenvalue weighted by Gasteiger charge is -2.33. The third kappa shape index (κ3) is 3.39. The van der Waals surface area contributed by atoms with Crippen LogP contribution in [0.25, 0.3) is 0 Å². The zero-order valence-electron chi connectivity index (χ0n) is 12.9. The molecule has 1 aromatic rings. The molecule has 2 N–H and O–H groups in total. The smallest absolute Gasteiger partial charge is 0.0300 e. The summed E-state index contributed by atoms with van der Waals surface area (Å²) in [7, 11) is 0. The Morgan fingerprint density at radius 3 is 2.37 bits per heavy atom. The van der Waals surface area contributed by atoms with Gasteiger partial charge in [-0.1, -0.05) is 58.4 Å². The molecule has 0 aliphatic heterocycles. The summed E-state index contributed by atoms with van der Waals surface area (Å²) in [6.07, 6.45) is 5.15. The first-order chi connectivity index (χ1) is 8.89. The van der Waals surface area contributed by atoms with Crippen LogP contribution in [0.3, 0.4) is 0 Å². The van der Waals surface area contributed by atoms with E-state index in [-0.39, 0.29) is 6.04 Å². The van der Waals surface area contributed by atoms with Crippen LogP contribution < -0.4 is 5.73 Å². The minimum Gasteiger partial charge on any atom is -0.324 e. The van der Waals surface area contributed by atoms with E-state index in [2.05, 4.69) is 52.0 Å². The van der Waals surface area contributed by atoms with Gasteiger partial charge in [0, 0.05) is 6.04 Å². The van der Waals surface area contributed by atoms with Crippen LogP contribution >= 0.6 is 0 Å². The quantitative estimate of drug-likeness (QED) is 0.806. The standard InChI is InChI=1S/C18H29N/c1-13(18(2,3)4)12-17(19)16-11-6-5-10-15(16)14-8-7-9-14/h5-6,10-11,13-14,17H,7-9,12,19H2,1-4H3. The Labute approximate surface area is 118 Å². The third-order valence-electron chi connectivity index (χ3n) is 5.03. The SMILES string of the molecule is CC(CC(N)c1ccccc1C1CCC1)C(C)(C)C. The molecule has 0 spiro atoms. The summed E-state index contributed by atoms with van der Waals surface area (Å²) in [5, 5.41) is 0. The highest BCUT2D eigenvalue weighted by atomic mass is 14.6. The van der Waals surface area contributed by atoms with Crippen LogP contribution in [0.4, 0.5) is 0 Å². The molecular weight excluding hydrogens is 230 g/mol. The fourth-order valence-corrected chi connectivity index (χ4v) is 2.80. The molecular formula is C18H29N. The van der Waals surface area contributed by atoms with E-state index in [1.165, 1.54) is 30.4 Å². The molecule has 1 heteroatoms. The lowest BCUT2D eigenvalue weighted by molar-refractivity contribution is 0.233. The molecule has 1 nitrogen and oxygen atoms in total. The molecule has 0 aromatic heterocycles. The second kappa shape index (κ2) is 5.66. The van der Waals surface area contributed by atoms with Gasteiger partial charge in [-0.3, -0.25) is 0 Å². The average Bonchev–Trinajstić information content (AvgIpc) is 2.26. The van der Waals surface area contributed by atoms with Crippen molar-refractivity contribution in [2.45, 2.75) is 65.3 Å². The van der Waals surface area contributed by atoms with Gasteiger partial charge in [0.15, 0.2) is 0 Å². The second-order valence-electron chi connectivity index (χ2n) is 7.37. The molecule has 1 aromatic carbocycles. The van der Waals surface area contributed by atoms with Crippen molar-refractivity contribution >= 4 is 0 Å². The fourth-order valence-electron chi connectivity index (χ4n) is 2.80. The van der Waals surface area contributed by atoms with Crippen molar-refractivity contribution in [3.05, 3.63) is 35.4 Å². The molecule has 1 fully saturated rings. The molecule has 106 valence electrons. The van der Waals surface area contributed by atoms with Crippen molar-refractivity contribution in [3.8, 4) is 0 Å². The fraction of sp³-hybridized carbons (Fsp3) is 0.667. The number of rotatable bonds is 4. The van der Waals surface area contributed by atoms with Gasteiger partial charge in [0.2, 0.25) is 0 Å². The zero-order valence-corrected chi connectivity index (χ0v) is 12.9. The van der Waals surface area contributed by atoms with E-state index in [1.807, 2.05) is 0 Å². The normalized spacial score (nSPS) is 19.8. The van der Waals surface area contributed by atoms with Crippen molar-refractivity contribution in [2.24, 2.45) is 17.1 Å². The number of hydrogen-bond donors (Lipinski definition) is 1. The Hall–Kier alpha value is -0.820. The van der Waals surface area contributed by atoms with Gasteiger partial charge in [-0.2, -0.15) is 0 Å². The summed E-state index contributed by atoms with van der Waals surface area (Å²) in [6, 6.07) is 9.02. The maximum absolute atomic E-state index is 6.51. The average molecular weight is 259 g/mol. The summed E-state index contributed by atoms with van der Waals surface area (Å²) in [5.74, 6) is 1.41. The summed E-state index contributed by atoms with van der Waals surface area (Å²) < 4.78 is 0. The maximum Gasteiger partial charge on any atom is 0.0300 e. The Morgan fingerprint density at radius 1 is 1.21 bits per heavy atom. The summed E-state index contributed by atoms with van der Waals surface area (Å²) in [5.41, 5.74) is 9.75. The first-order valence-corrected chi connectivity index (χ1v) is 7.74. The van der Waals surface area contributed by atoms with Crippen LogP contribution in [-0.4, -0.2) is 0 Å². The van der Waals surface area contributed by atoms with Crippen molar-refractivity contribution in [2.75, 3.05) is 0 Å². The van der Waals surface area contributed by atoms with E-state index >= 15 is 0 Å². The van der Waals surface area contributed by atoms with Crippen molar-refractivity contribution in [3.63, 3.8) is 0 Å². The molecule has 0 heterocycles. The Morgan fingerprint density at radius 2 is 1.84 bits per heavy atom. The Balaban J connectivity index is 2.12. The summed E-state index contributed by atoms with van der Waals surface area (Å²) in [6.45, 7) is 9.25. The first kappa shape index (κ1) is 14.6. The highest BCUT2D eigenvalue weighted by molar-refractivity contribution is 5.34. The predicted octanol–water partition coefficient (Wildman–Crippen LogP) is 5.03. The van der Waals surface area contributed by atoms with Gasteiger partial charge in [-0.25, -0.2) is 0 Å². The van der Waals surface area contributed by atoms with E-state index < -0.39 is 0 Å². The van der Waals surface area contributed by atoms with Crippen LogP contribution in [0.5, 0.6) is 0 Å². The molecule has 1 aliphatic rings. The van der Waals surface area contributed by atoms with Gasteiger partial charge in [0.25, 0.3) is 0 Å². The Bertz CT molecular complexity index is 412. The van der Waals surface area contributed by atoms with Gasteiger partial charge in [-0.15, -0.1) is 0 Å². The molecule has 2 unspecified atom stereocenters. The third-order valence-corrected chi connectivity index (χ3v) is 5.03. The summed E-state index contributed by atoms with van der Waals surface area (Å²) >= 11 is 0. The molecule has 2 rings (SSSR count). The van der Waals surface area contributed by atoms with E-state index in [9.17, 15) is 0 Å². The monoisotopic (exact) mass is 259 g/mol. The highest BCUT2D eigenvalue weighted by Gasteiger charge is 2.27. The van der Waals surface area contributed by atoms with Crippen LogP contribution in [0.2, 0.25) is 0 Å². The molecule has 2 atom stereocenters. The zero-order chi connectivity index (χ0) is 14.0. The van der Waals surface area contributed by atoms with E-state index in [0.717, 1.165) is 12.3 Å². The summed E-state index contributed by atoms with van der Waals surface area (Å²) in [4.78, 5) is 0. The molecule has 0 saturated heterocycles. The van der Waals surface area contributed by atoms with Crippen LogP contribution in [0, 0.1) is 11.3 Å². The van der Waals surface area contributed by atoms with Gasteiger partial charge in [-0.05, 0) is 47.6 Å². The van der Waals surface area contributed by atoms with Gasteiger partial charge >= 0.3 is 0 Å². The maximum atomic E-state index is 6.51. The Kier molecular flexibility index (Phi) is 4.35. The van der Waals surface area contributed by atoms with Crippen molar-refractivity contribution < 1.29 is 0 Å². The molecule has 0 bridgehead atoms. The van der Waals surface area contributed by atoms with Gasteiger partial charge in [0.05, 0.1) is 0 Å². The van der Waals surface area contributed by atoms with Gasteiger partial charge < -0.3 is 5.73 Å². The molecule has 0 radical (unpaired) electrons. The van der Waals surface area contributed by atoms with Gasteiger partial charge in [0.1, 0.15) is 0 Å². The molecule has 0 amide bonds. The molecule has 1 aliphatic carbocycles. The van der Waals surface area contributed by atoms with E-state index in [4.69, 9.17) is 5.73 Å². The minimum atomic E-state index is 0.186. The molecule has 1 saturated carbocycles. The van der Waals surface area contributed by atoms with E-state index in [0.29, 0.717) is 11.3 Å². The minimum absolute atomic E-state index is 0.186. The topological polar surface area (TPSA) is 26.0 Å². The highest BCUT2D eigenvalue weighted by Crippen LogP contribution is 2.41. The van der Waals surface area contributed by atoms with Crippen LogP contribution in [0.1, 0.15) is 76.5 Å².